The van der Waals surface area contributed by atoms with Crippen LogP contribution in [0.5, 0.6) is 5.75 Å². The van der Waals surface area contributed by atoms with Gasteiger partial charge < -0.3 is 29.6 Å². The zero-order valence-electron chi connectivity index (χ0n) is 31.0. The van der Waals surface area contributed by atoms with Crippen LogP contribution >= 0.6 is 11.8 Å². The summed E-state index contributed by atoms with van der Waals surface area (Å²) in [6, 6.07) is 24.1. The average Bonchev–Trinajstić information content (AvgIpc) is 3.53. The summed E-state index contributed by atoms with van der Waals surface area (Å²) in [6.07, 6.45) is -2.18. The van der Waals surface area contributed by atoms with E-state index >= 15 is 0 Å². The first kappa shape index (κ1) is 38.2. The zero-order chi connectivity index (χ0) is 38.8. The smallest absolute Gasteiger partial charge is 0.448 e. The monoisotopic (exact) mass is 753 g/mol. The van der Waals surface area contributed by atoms with Gasteiger partial charge in [0.15, 0.2) is 6.10 Å². The van der Waals surface area contributed by atoms with Crippen LogP contribution in [0, 0.1) is 0 Å². The molecule has 282 valence electrons. The number of carbonyl (C=O) groups is 5. The van der Waals surface area contributed by atoms with Crippen molar-refractivity contribution in [2.75, 3.05) is 12.3 Å². The van der Waals surface area contributed by atoms with Gasteiger partial charge in [-0.25, -0.2) is 14.4 Å². The standard InChI is InChI=1S/C41H43N3O9S/c1-40(2,3)52-38(48)43-31-35(46)44-32(37(47)51-33(24-14-9-7-10-15-24)25-16-11-8-12-17-25)29(23-54-36(31)44)30(28-20-21-42-34(28)45)26-18-13-19-27(22-26)50-39(49)53-41(4,5)6/h7-19,22,31,33,36H,20-21,23H2,1-6H3,(H,42,45)(H,43,48)/t31-,36-/m1/s1. The summed E-state index contributed by atoms with van der Waals surface area (Å²) < 4.78 is 22.7. The van der Waals surface area contributed by atoms with E-state index in [1.807, 2.05) is 60.7 Å². The molecule has 0 aliphatic carbocycles. The highest BCUT2D eigenvalue weighted by atomic mass is 32.2. The Labute approximate surface area is 318 Å². The molecule has 0 spiro atoms. The molecule has 3 aromatic carbocycles. The highest BCUT2D eigenvalue weighted by Crippen LogP contribution is 2.47. The molecule has 13 heteroatoms. The Morgan fingerprint density at radius 3 is 2.06 bits per heavy atom. The molecule has 0 aromatic heterocycles. The van der Waals surface area contributed by atoms with Gasteiger partial charge in [0.25, 0.3) is 5.91 Å². The zero-order valence-corrected chi connectivity index (χ0v) is 31.8. The summed E-state index contributed by atoms with van der Waals surface area (Å²) in [5.74, 6) is -1.35. The Kier molecular flexibility index (Phi) is 10.9. The van der Waals surface area contributed by atoms with E-state index in [4.69, 9.17) is 18.9 Å². The third-order valence-corrected chi connectivity index (χ3v) is 9.79. The highest BCUT2D eigenvalue weighted by molar-refractivity contribution is 8.00. The number of alkyl carbamates (subject to hydrolysis) is 1. The maximum Gasteiger partial charge on any atom is 0.514 e. The van der Waals surface area contributed by atoms with Crippen molar-refractivity contribution < 1.29 is 42.9 Å². The van der Waals surface area contributed by atoms with E-state index in [2.05, 4.69) is 10.6 Å². The molecule has 2 N–H and O–H groups in total. The predicted octanol–water partition coefficient (Wildman–Crippen LogP) is 6.67. The van der Waals surface area contributed by atoms with Crippen molar-refractivity contribution >= 4 is 47.4 Å². The minimum Gasteiger partial charge on any atom is -0.448 e. The fourth-order valence-electron chi connectivity index (χ4n) is 6.35. The molecule has 3 aromatic rings. The molecule has 0 saturated carbocycles. The van der Waals surface area contributed by atoms with Gasteiger partial charge in [0, 0.05) is 23.4 Å². The Bertz CT molecular complexity index is 1980. The van der Waals surface area contributed by atoms with Gasteiger partial charge in [-0.2, -0.15) is 0 Å². The normalized spacial score (nSPS) is 19.4. The van der Waals surface area contributed by atoms with Crippen LogP contribution in [0.15, 0.2) is 102 Å². The summed E-state index contributed by atoms with van der Waals surface area (Å²) in [5.41, 5.74) is 1.43. The molecule has 6 rings (SSSR count). The predicted molar refractivity (Wildman–Crippen MR) is 202 cm³/mol. The van der Waals surface area contributed by atoms with Crippen LogP contribution < -0.4 is 15.4 Å². The van der Waals surface area contributed by atoms with Gasteiger partial charge in [-0.1, -0.05) is 72.8 Å². The van der Waals surface area contributed by atoms with Gasteiger partial charge >= 0.3 is 18.2 Å². The van der Waals surface area contributed by atoms with E-state index in [-0.39, 0.29) is 23.1 Å². The minimum absolute atomic E-state index is 0.0523. The Hall–Kier alpha value is -5.56. The Morgan fingerprint density at radius 1 is 0.852 bits per heavy atom. The number of nitrogens with zero attached hydrogens (tertiary/aromatic N) is 1. The molecule has 3 amide bonds. The average molecular weight is 754 g/mol. The largest absolute Gasteiger partial charge is 0.514 e. The lowest BCUT2D eigenvalue weighted by atomic mass is 9.89. The summed E-state index contributed by atoms with van der Waals surface area (Å²) >= 11 is 1.33. The molecular formula is C41H43N3O9S. The number of rotatable bonds is 8. The van der Waals surface area contributed by atoms with Crippen LogP contribution in [0.25, 0.3) is 5.57 Å². The number of amides is 3. The lowest BCUT2D eigenvalue weighted by molar-refractivity contribution is -0.153. The molecule has 3 aliphatic heterocycles. The van der Waals surface area contributed by atoms with E-state index in [0.29, 0.717) is 46.4 Å². The fraction of sp³-hybridized carbons (Fsp3) is 0.341. The maximum atomic E-state index is 14.8. The first-order chi connectivity index (χ1) is 25.6. The van der Waals surface area contributed by atoms with Crippen molar-refractivity contribution in [1.29, 1.82) is 0 Å². The lowest BCUT2D eigenvalue weighted by Gasteiger charge is -2.50. The Morgan fingerprint density at radius 2 is 1.48 bits per heavy atom. The second kappa shape index (κ2) is 15.4. The number of hydrogen-bond acceptors (Lipinski definition) is 10. The number of ether oxygens (including phenoxy) is 4. The van der Waals surface area contributed by atoms with Crippen molar-refractivity contribution in [2.24, 2.45) is 0 Å². The minimum atomic E-state index is -0.982. The quantitative estimate of drug-likeness (QED) is 0.0840. The van der Waals surface area contributed by atoms with Gasteiger partial charge in [0.05, 0.1) is 0 Å². The molecule has 12 nitrogen and oxygen atoms in total. The van der Waals surface area contributed by atoms with Crippen LogP contribution in [-0.2, 0) is 28.6 Å². The van der Waals surface area contributed by atoms with E-state index in [1.54, 1.807) is 65.8 Å². The van der Waals surface area contributed by atoms with Gasteiger partial charge in [-0.05, 0) is 82.4 Å². The van der Waals surface area contributed by atoms with Crippen LogP contribution in [-0.4, -0.2) is 69.8 Å². The molecule has 2 fully saturated rings. The van der Waals surface area contributed by atoms with Crippen LogP contribution in [0.2, 0.25) is 0 Å². The number of β-lactam (4-membered cyclic amide) rings is 1. The lowest BCUT2D eigenvalue weighted by Crippen LogP contribution is -2.70. The summed E-state index contributed by atoms with van der Waals surface area (Å²) in [7, 11) is 0. The fourth-order valence-corrected chi connectivity index (χ4v) is 7.71. The van der Waals surface area contributed by atoms with Crippen molar-refractivity contribution in [3.05, 3.63) is 118 Å². The molecule has 3 aliphatic rings. The first-order valence-electron chi connectivity index (χ1n) is 17.6. The van der Waals surface area contributed by atoms with E-state index in [0.717, 1.165) is 0 Å². The van der Waals surface area contributed by atoms with Crippen molar-refractivity contribution in [2.45, 2.75) is 76.7 Å². The molecule has 0 unspecified atom stereocenters. The van der Waals surface area contributed by atoms with Gasteiger partial charge in [0.1, 0.15) is 34.1 Å². The molecule has 2 atom stereocenters. The number of nitrogens with one attached hydrogen (secondary N) is 2. The van der Waals surface area contributed by atoms with Crippen molar-refractivity contribution in [3.8, 4) is 5.75 Å². The van der Waals surface area contributed by atoms with Crippen LogP contribution in [0.4, 0.5) is 9.59 Å². The van der Waals surface area contributed by atoms with Gasteiger partial charge in [-0.3, -0.25) is 14.5 Å². The summed E-state index contributed by atoms with van der Waals surface area (Å²) in [4.78, 5) is 69.0. The number of hydrogen-bond donors (Lipinski definition) is 2. The maximum absolute atomic E-state index is 14.8. The topological polar surface area (TPSA) is 150 Å². The number of esters is 1. The Balaban J connectivity index is 1.46. The van der Waals surface area contributed by atoms with Crippen LogP contribution in [0.1, 0.15) is 70.8 Å². The van der Waals surface area contributed by atoms with E-state index < -0.39 is 52.8 Å². The van der Waals surface area contributed by atoms with E-state index in [9.17, 15) is 24.0 Å². The van der Waals surface area contributed by atoms with Gasteiger partial charge in [0.2, 0.25) is 5.91 Å². The second-order valence-electron chi connectivity index (χ2n) is 14.9. The van der Waals surface area contributed by atoms with Gasteiger partial charge in [-0.15, -0.1) is 11.8 Å². The molecule has 3 heterocycles. The van der Waals surface area contributed by atoms with Crippen molar-refractivity contribution in [3.63, 3.8) is 0 Å². The summed E-state index contributed by atoms with van der Waals surface area (Å²) in [5, 5.41) is 4.85. The summed E-state index contributed by atoms with van der Waals surface area (Å²) in [6.45, 7) is 10.7. The second-order valence-corrected chi connectivity index (χ2v) is 16.0. The molecule has 54 heavy (non-hydrogen) atoms. The first-order valence-corrected chi connectivity index (χ1v) is 18.7. The van der Waals surface area contributed by atoms with Crippen molar-refractivity contribution in [1.82, 2.24) is 15.5 Å². The number of carbonyl (C=O) groups excluding carboxylic acids is 5. The van der Waals surface area contributed by atoms with Crippen LogP contribution in [0.3, 0.4) is 0 Å². The molecular weight excluding hydrogens is 711 g/mol. The third-order valence-electron chi connectivity index (χ3n) is 8.52. The third kappa shape index (κ3) is 8.62. The SMILES string of the molecule is CC(C)(C)OC(=O)N[C@@H]1C(=O)N2C(C(=O)OC(c3ccccc3)c3ccccc3)=C(C(=C3CCNC3=O)c3cccc(OC(=O)OC(C)(C)C)c3)CS[C@H]12. The number of allylic oxidation sites excluding steroid dienone is 1. The number of fused-ring (bicyclic) bond motifs is 1. The number of thioether (sulfide) groups is 1. The molecule has 2 saturated heterocycles. The molecule has 0 bridgehead atoms. The number of benzene rings is 3. The highest BCUT2D eigenvalue weighted by Gasteiger charge is 2.55. The van der Waals surface area contributed by atoms with E-state index in [1.165, 1.54) is 16.7 Å². The molecule has 0 radical (unpaired) electrons.